The molecule has 22 unspecified atom stereocenters. The van der Waals surface area contributed by atoms with Crippen molar-refractivity contribution in [3.63, 3.8) is 0 Å². The standard InChI is InChI=1S/C61H92N8O/c62-31-36-29-37(32-63)54(38(30-36)33-64)39-34-65-61(66-35-39)56-58(68-49-24-10-3-17-42(49)43-18-4-11-25-50(43)68)59(69-51-26-12-5-19-44(51)45-20-6-13-27-52(45)69)57(55-46-21-7-14-28-53(46)70-60(55)56)67-47-22-8-1-15-40(47)41-16-2-9-23-48(41)67/h36-61,65-66H,1-30,34-35H2. The molecule has 9 aliphatic carbocycles. The minimum absolute atomic E-state index is 0.000806. The van der Waals surface area contributed by atoms with Gasteiger partial charge in [-0.3, -0.25) is 14.7 Å². The molecular formula is C61H92N8O. The van der Waals surface area contributed by atoms with Crippen LogP contribution in [0.3, 0.4) is 0 Å². The summed E-state index contributed by atoms with van der Waals surface area (Å²) in [4.78, 5) is 10.6. The fraction of sp³-hybridized carbons (Fsp3) is 0.951. The molecule has 9 nitrogen and oxygen atoms in total. The van der Waals surface area contributed by atoms with Crippen LogP contribution in [0.15, 0.2) is 0 Å². The molecule has 0 bridgehead atoms. The fourth-order valence-corrected chi connectivity index (χ4v) is 23.1. The Morgan fingerprint density at radius 2 is 0.729 bits per heavy atom. The SMILES string of the molecule is N#CC1CC(C#N)C(C2CNC(C3C4OC5CCCCC5C4C(N4C5CCCCC5C5CCCCC54)C(N4C5CCCCC5C5CCCCC54)C3N3C4CCCCC4C4CCCCC43)NC2)C(C#N)C1. The summed E-state index contributed by atoms with van der Waals surface area (Å²) < 4.78 is 8.15. The minimum Gasteiger partial charge on any atom is -0.374 e. The molecule has 9 saturated carbocycles. The van der Waals surface area contributed by atoms with Crippen LogP contribution in [0.2, 0.25) is 0 Å². The van der Waals surface area contributed by atoms with Crippen LogP contribution < -0.4 is 10.6 Å². The summed E-state index contributed by atoms with van der Waals surface area (Å²) in [6, 6.07) is 13.8. The van der Waals surface area contributed by atoms with Gasteiger partial charge in [-0.05, 0) is 156 Å². The first-order valence-electron chi connectivity index (χ1n) is 31.3. The molecule has 0 radical (unpaired) electrons. The van der Waals surface area contributed by atoms with Crippen LogP contribution in [-0.2, 0) is 4.74 Å². The Morgan fingerprint density at radius 3 is 1.13 bits per heavy atom. The van der Waals surface area contributed by atoms with E-state index in [0.29, 0.717) is 66.9 Å². The van der Waals surface area contributed by atoms with E-state index in [0.717, 1.165) is 72.8 Å². The van der Waals surface area contributed by atoms with E-state index in [4.69, 9.17) is 4.74 Å². The summed E-state index contributed by atoms with van der Waals surface area (Å²) in [5, 5.41) is 40.1. The molecular weight excluding hydrogens is 861 g/mol. The molecule has 22 atom stereocenters. The number of fused-ring (bicyclic) bond motifs is 12. The van der Waals surface area contributed by atoms with Crippen LogP contribution in [0.5, 0.6) is 0 Å². The summed E-state index contributed by atoms with van der Waals surface area (Å²) in [6.07, 6.45) is 42.0. The number of ether oxygens (including phenoxy) is 1. The van der Waals surface area contributed by atoms with Crippen molar-refractivity contribution in [2.75, 3.05) is 13.1 Å². The number of nitrogens with zero attached hydrogens (tertiary/aromatic N) is 6. The number of hydrogen-bond acceptors (Lipinski definition) is 9. The van der Waals surface area contributed by atoms with E-state index in [-0.39, 0.29) is 41.9 Å². The van der Waals surface area contributed by atoms with E-state index in [9.17, 15) is 15.8 Å². The van der Waals surface area contributed by atoms with Gasteiger partial charge in [0.1, 0.15) is 0 Å². The molecule has 0 amide bonds. The Kier molecular flexibility index (Phi) is 13.0. The van der Waals surface area contributed by atoms with Crippen molar-refractivity contribution in [3.8, 4) is 18.2 Å². The molecule has 70 heavy (non-hydrogen) atoms. The third-order valence-electron chi connectivity index (χ3n) is 25.1. The molecule has 9 heteroatoms. The zero-order valence-corrected chi connectivity index (χ0v) is 43.2. The van der Waals surface area contributed by atoms with Crippen molar-refractivity contribution in [1.82, 2.24) is 25.3 Å². The summed E-state index contributed by atoms with van der Waals surface area (Å²) >= 11 is 0. The Hall–Kier alpha value is -1.77. The molecule has 0 aromatic carbocycles. The molecule has 382 valence electrons. The van der Waals surface area contributed by atoms with Gasteiger partial charge in [-0.1, -0.05) is 89.9 Å². The lowest BCUT2D eigenvalue weighted by molar-refractivity contribution is -0.165. The first-order valence-corrected chi connectivity index (χ1v) is 31.3. The molecule has 5 saturated heterocycles. The molecule has 0 aromatic rings. The second kappa shape index (κ2) is 19.4. The van der Waals surface area contributed by atoms with E-state index in [1.54, 1.807) is 0 Å². The third kappa shape index (κ3) is 7.39. The number of likely N-dealkylation sites (tertiary alicyclic amines) is 3. The largest absolute Gasteiger partial charge is 0.374 e. The van der Waals surface area contributed by atoms with Crippen LogP contribution in [0.4, 0.5) is 0 Å². The van der Waals surface area contributed by atoms with Gasteiger partial charge in [0.05, 0.1) is 48.4 Å². The highest BCUT2D eigenvalue weighted by Crippen LogP contribution is 2.63. The summed E-state index contributed by atoms with van der Waals surface area (Å²) in [5.74, 6) is 6.41. The molecule has 0 aromatic heterocycles. The Morgan fingerprint density at radius 1 is 0.371 bits per heavy atom. The minimum atomic E-state index is -0.239. The van der Waals surface area contributed by atoms with Gasteiger partial charge in [-0.15, -0.1) is 0 Å². The lowest BCUT2D eigenvalue weighted by atomic mass is 9.60. The van der Waals surface area contributed by atoms with E-state index < -0.39 is 0 Å². The van der Waals surface area contributed by atoms with Gasteiger partial charge in [-0.2, -0.15) is 15.8 Å². The summed E-state index contributed by atoms with van der Waals surface area (Å²) in [5.41, 5.74) is 0. The van der Waals surface area contributed by atoms with Crippen molar-refractivity contribution >= 4 is 0 Å². The maximum Gasteiger partial charge on any atom is 0.0697 e. The third-order valence-corrected chi connectivity index (χ3v) is 25.1. The molecule has 2 N–H and O–H groups in total. The van der Waals surface area contributed by atoms with Crippen molar-refractivity contribution in [2.45, 2.75) is 265 Å². The first-order chi connectivity index (χ1) is 34.6. The smallest absolute Gasteiger partial charge is 0.0697 e. The molecule has 5 aliphatic heterocycles. The van der Waals surface area contributed by atoms with Crippen LogP contribution in [-0.4, -0.2) is 101 Å². The maximum atomic E-state index is 10.6. The average molecular weight is 953 g/mol. The lowest BCUT2D eigenvalue weighted by Crippen LogP contribution is -2.79. The van der Waals surface area contributed by atoms with Crippen LogP contribution in [0, 0.1) is 117 Å². The van der Waals surface area contributed by atoms with E-state index in [1.807, 2.05) is 0 Å². The average Bonchev–Trinajstić information content (AvgIpc) is 4.17. The zero-order valence-electron chi connectivity index (χ0n) is 43.2. The van der Waals surface area contributed by atoms with Crippen molar-refractivity contribution in [2.24, 2.45) is 82.9 Å². The van der Waals surface area contributed by atoms with Gasteiger partial charge in [0.15, 0.2) is 0 Å². The Balaban J connectivity index is 0.947. The highest BCUT2D eigenvalue weighted by molar-refractivity contribution is 5.24. The normalized spacial score (nSPS) is 54.6. The topological polar surface area (TPSA) is 114 Å². The zero-order chi connectivity index (χ0) is 46.6. The number of nitrogens with one attached hydrogen (secondary N) is 2. The van der Waals surface area contributed by atoms with Crippen LogP contribution in [0.25, 0.3) is 0 Å². The fourth-order valence-electron chi connectivity index (χ4n) is 23.1. The van der Waals surface area contributed by atoms with E-state index in [2.05, 4.69) is 43.5 Å². The van der Waals surface area contributed by atoms with Gasteiger partial charge in [0.25, 0.3) is 0 Å². The van der Waals surface area contributed by atoms with Gasteiger partial charge < -0.3 is 15.4 Å². The second-order valence-electron chi connectivity index (χ2n) is 27.5. The highest BCUT2D eigenvalue weighted by Gasteiger charge is 2.71. The Bertz CT molecular complexity index is 1910. The first kappa shape index (κ1) is 46.7. The van der Waals surface area contributed by atoms with Gasteiger partial charge in [0.2, 0.25) is 0 Å². The van der Waals surface area contributed by atoms with Gasteiger partial charge in [-0.25, -0.2) is 0 Å². The second-order valence-corrected chi connectivity index (χ2v) is 27.5. The van der Waals surface area contributed by atoms with Crippen molar-refractivity contribution in [1.29, 1.82) is 15.8 Å². The summed E-state index contributed by atoms with van der Waals surface area (Å²) in [7, 11) is 0. The quantitative estimate of drug-likeness (QED) is 0.278. The molecule has 14 rings (SSSR count). The van der Waals surface area contributed by atoms with Crippen LogP contribution in [0.1, 0.15) is 193 Å². The van der Waals surface area contributed by atoms with E-state index in [1.165, 1.54) is 180 Å². The Labute approximate surface area is 423 Å². The number of rotatable bonds is 5. The predicted molar refractivity (Wildman–Crippen MR) is 272 cm³/mol. The van der Waals surface area contributed by atoms with Gasteiger partial charge in [0, 0.05) is 85.2 Å². The highest BCUT2D eigenvalue weighted by atomic mass is 16.5. The summed E-state index contributed by atoms with van der Waals surface area (Å²) in [6.45, 7) is 1.71. The van der Waals surface area contributed by atoms with E-state index >= 15 is 0 Å². The van der Waals surface area contributed by atoms with Gasteiger partial charge >= 0.3 is 0 Å². The number of hydrogen-bond donors (Lipinski definition) is 2. The lowest BCUT2D eigenvalue weighted by Gasteiger charge is -2.64. The molecule has 14 aliphatic rings. The van der Waals surface area contributed by atoms with Crippen LogP contribution >= 0.6 is 0 Å². The van der Waals surface area contributed by atoms with Crippen molar-refractivity contribution < 1.29 is 4.74 Å². The molecule has 0 spiro atoms. The monoisotopic (exact) mass is 953 g/mol. The molecule has 5 heterocycles. The van der Waals surface area contributed by atoms with Crippen molar-refractivity contribution in [3.05, 3.63) is 0 Å². The maximum absolute atomic E-state index is 10.6. The predicted octanol–water partition coefficient (Wildman–Crippen LogP) is 10.6. The number of nitriles is 3. The molecule has 14 fully saturated rings.